The van der Waals surface area contributed by atoms with Gasteiger partial charge in [0.05, 0.1) is 11.6 Å². The van der Waals surface area contributed by atoms with Crippen molar-refractivity contribution in [1.82, 2.24) is 0 Å². The van der Waals surface area contributed by atoms with E-state index in [2.05, 4.69) is 22.0 Å². The molecule has 3 nitrogen and oxygen atoms in total. The summed E-state index contributed by atoms with van der Waals surface area (Å²) in [5.74, 6) is 1.39. The summed E-state index contributed by atoms with van der Waals surface area (Å²) < 4.78 is 6.76. The van der Waals surface area contributed by atoms with Crippen molar-refractivity contribution in [3.05, 3.63) is 57.6 Å². The van der Waals surface area contributed by atoms with Gasteiger partial charge in [-0.2, -0.15) is 5.26 Å². The van der Waals surface area contributed by atoms with Crippen LogP contribution in [0.2, 0.25) is 0 Å². The predicted octanol–water partition coefficient (Wildman–Crippen LogP) is 4.44. The Morgan fingerprint density at radius 1 is 1.25 bits per heavy atom. The van der Waals surface area contributed by atoms with Gasteiger partial charge in [0.15, 0.2) is 0 Å². The second kappa shape index (κ2) is 6.08. The lowest BCUT2D eigenvalue weighted by Crippen LogP contribution is -2.05. The summed E-state index contributed by atoms with van der Waals surface area (Å²) in [6.45, 7) is 3.88. The Labute approximate surface area is 127 Å². The highest BCUT2D eigenvalue weighted by Gasteiger charge is 2.08. The third-order valence-corrected chi connectivity index (χ3v) is 3.69. The first-order valence-electron chi connectivity index (χ1n) is 6.25. The summed E-state index contributed by atoms with van der Waals surface area (Å²) >= 11 is 3.50. The number of halogens is 1. The second-order valence-corrected chi connectivity index (χ2v) is 5.52. The first kappa shape index (κ1) is 14.6. The zero-order valence-corrected chi connectivity index (χ0v) is 12.9. The minimum absolute atomic E-state index is 0.0397. The average Bonchev–Trinajstić information content (AvgIpc) is 2.41. The van der Waals surface area contributed by atoms with Crippen LogP contribution in [0.5, 0.6) is 11.5 Å². The number of benzene rings is 2. The number of hydrogen-bond donors (Lipinski definition) is 1. The molecule has 20 heavy (non-hydrogen) atoms. The van der Waals surface area contributed by atoms with E-state index in [-0.39, 0.29) is 6.04 Å². The van der Waals surface area contributed by atoms with Crippen LogP contribution in [0, 0.1) is 18.3 Å². The zero-order chi connectivity index (χ0) is 14.7. The van der Waals surface area contributed by atoms with E-state index in [1.54, 1.807) is 12.1 Å². The number of nitrogens with two attached hydrogens (primary N) is 1. The van der Waals surface area contributed by atoms with E-state index in [9.17, 15) is 0 Å². The Hall–Kier alpha value is -1.83. The van der Waals surface area contributed by atoms with Crippen LogP contribution in [0.15, 0.2) is 40.9 Å². The monoisotopic (exact) mass is 330 g/mol. The van der Waals surface area contributed by atoms with Crippen LogP contribution < -0.4 is 10.5 Å². The number of hydrogen-bond acceptors (Lipinski definition) is 3. The van der Waals surface area contributed by atoms with Gasteiger partial charge in [-0.15, -0.1) is 0 Å². The van der Waals surface area contributed by atoms with E-state index in [1.807, 2.05) is 38.1 Å². The minimum atomic E-state index is -0.0397. The van der Waals surface area contributed by atoms with E-state index < -0.39 is 0 Å². The van der Waals surface area contributed by atoms with Crippen LogP contribution in [-0.4, -0.2) is 0 Å². The maximum Gasteiger partial charge on any atom is 0.131 e. The fourth-order valence-corrected chi connectivity index (χ4v) is 2.57. The molecular formula is C16H15BrN2O. The molecule has 0 aliphatic heterocycles. The van der Waals surface area contributed by atoms with Gasteiger partial charge in [-0.05, 0) is 49.2 Å². The molecule has 2 N–H and O–H groups in total. The summed E-state index contributed by atoms with van der Waals surface area (Å²) in [6, 6.07) is 13.2. The summed E-state index contributed by atoms with van der Waals surface area (Å²) in [4.78, 5) is 0. The molecule has 0 bridgehead atoms. The van der Waals surface area contributed by atoms with Gasteiger partial charge in [-0.25, -0.2) is 0 Å². The van der Waals surface area contributed by atoms with Gasteiger partial charge in [0.1, 0.15) is 11.5 Å². The molecule has 0 aliphatic carbocycles. The van der Waals surface area contributed by atoms with Gasteiger partial charge < -0.3 is 10.5 Å². The molecule has 0 heterocycles. The Morgan fingerprint density at radius 3 is 2.60 bits per heavy atom. The van der Waals surface area contributed by atoms with Crippen molar-refractivity contribution >= 4 is 15.9 Å². The molecule has 2 aromatic rings. The average molecular weight is 331 g/mol. The normalized spacial score (nSPS) is 11.8. The number of rotatable bonds is 3. The lowest BCUT2D eigenvalue weighted by Gasteiger charge is -2.12. The van der Waals surface area contributed by atoms with Crippen LogP contribution in [0.1, 0.15) is 29.7 Å². The van der Waals surface area contributed by atoms with Crippen LogP contribution in [0.3, 0.4) is 0 Å². The molecule has 2 aromatic carbocycles. The molecule has 1 atom stereocenters. The molecule has 0 aliphatic rings. The maximum absolute atomic E-state index is 8.93. The van der Waals surface area contributed by atoms with Crippen molar-refractivity contribution in [2.75, 3.05) is 0 Å². The summed E-state index contributed by atoms with van der Waals surface area (Å²) in [5.41, 5.74) is 8.46. The van der Waals surface area contributed by atoms with E-state index in [0.717, 1.165) is 15.6 Å². The third-order valence-electron chi connectivity index (χ3n) is 3.01. The first-order valence-corrected chi connectivity index (χ1v) is 7.04. The van der Waals surface area contributed by atoms with Crippen molar-refractivity contribution in [1.29, 1.82) is 5.26 Å². The lowest BCUT2D eigenvalue weighted by molar-refractivity contribution is 0.478. The molecule has 0 aromatic heterocycles. The van der Waals surface area contributed by atoms with Crippen molar-refractivity contribution < 1.29 is 4.74 Å². The van der Waals surface area contributed by atoms with Gasteiger partial charge in [0.25, 0.3) is 0 Å². The highest BCUT2D eigenvalue weighted by Crippen LogP contribution is 2.31. The molecule has 0 saturated heterocycles. The molecule has 4 heteroatoms. The van der Waals surface area contributed by atoms with Gasteiger partial charge in [0.2, 0.25) is 0 Å². The van der Waals surface area contributed by atoms with Crippen LogP contribution in [0.25, 0.3) is 0 Å². The SMILES string of the molecule is Cc1ccc(C#N)cc1Oc1ccc([C@@H](C)N)c(Br)c1. The Kier molecular flexibility index (Phi) is 4.43. The molecule has 2 rings (SSSR count). The van der Waals surface area contributed by atoms with Gasteiger partial charge >= 0.3 is 0 Å². The van der Waals surface area contributed by atoms with E-state index in [1.165, 1.54) is 0 Å². The Balaban J connectivity index is 2.31. The number of nitrogens with zero attached hydrogens (tertiary/aromatic N) is 1. The predicted molar refractivity (Wildman–Crippen MR) is 82.7 cm³/mol. The number of nitriles is 1. The molecule has 0 amide bonds. The number of ether oxygens (including phenoxy) is 1. The minimum Gasteiger partial charge on any atom is -0.457 e. The van der Waals surface area contributed by atoms with E-state index >= 15 is 0 Å². The summed E-state index contributed by atoms with van der Waals surface area (Å²) in [6.07, 6.45) is 0. The topological polar surface area (TPSA) is 59.0 Å². The Bertz CT molecular complexity index is 675. The van der Waals surface area contributed by atoms with Gasteiger partial charge in [0, 0.05) is 10.5 Å². The molecule has 0 saturated carbocycles. The van der Waals surface area contributed by atoms with Crippen LogP contribution in [0.4, 0.5) is 0 Å². The van der Waals surface area contributed by atoms with Crippen molar-refractivity contribution in [3.8, 4) is 17.6 Å². The van der Waals surface area contributed by atoms with Gasteiger partial charge in [-0.1, -0.05) is 28.1 Å². The molecular weight excluding hydrogens is 316 g/mol. The molecule has 0 fully saturated rings. The standard InChI is InChI=1S/C16H15BrN2O/c1-10-3-4-12(9-18)7-16(10)20-13-5-6-14(11(2)19)15(17)8-13/h3-8,11H,19H2,1-2H3/t11-/m1/s1. The molecule has 102 valence electrons. The third kappa shape index (κ3) is 3.19. The van der Waals surface area contributed by atoms with Crippen LogP contribution in [-0.2, 0) is 0 Å². The highest BCUT2D eigenvalue weighted by atomic mass is 79.9. The van der Waals surface area contributed by atoms with Crippen molar-refractivity contribution in [3.63, 3.8) is 0 Å². The Morgan fingerprint density at radius 2 is 2.00 bits per heavy atom. The second-order valence-electron chi connectivity index (χ2n) is 4.67. The summed E-state index contributed by atoms with van der Waals surface area (Å²) in [7, 11) is 0. The maximum atomic E-state index is 8.93. The smallest absolute Gasteiger partial charge is 0.131 e. The quantitative estimate of drug-likeness (QED) is 0.904. The summed E-state index contributed by atoms with van der Waals surface area (Å²) in [5, 5.41) is 8.93. The molecule has 0 spiro atoms. The van der Waals surface area contributed by atoms with Gasteiger partial charge in [-0.3, -0.25) is 0 Å². The van der Waals surface area contributed by atoms with Crippen molar-refractivity contribution in [2.24, 2.45) is 5.73 Å². The van der Waals surface area contributed by atoms with E-state index in [0.29, 0.717) is 17.1 Å². The van der Waals surface area contributed by atoms with Crippen molar-refractivity contribution in [2.45, 2.75) is 19.9 Å². The van der Waals surface area contributed by atoms with E-state index in [4.69, 9.17) is 15.7 Å². The molecule has 0 unspecified atom stereocenters. The largest absolute Gasteiger partial charge is 0.457 e. The fraction of sp³-hybridized carbons (Fsp3) is 0.188. The fourth-order valence-electron chi connectivity index (χ4n) is 1.85. The zero-order valence-electron chi connectivity index (χ0n) is 11.4. The molecule has 0 radical (unpaired) electrons. The number of aryl methyl sites for hydroxylation is 1. The highest BCUT2D eigenvalue weighted by molar-refractivity contribution is 9.10. The first-order chi connectivity index (χ1) is 9.51. The lowest BCUT2D eigenvalue weighted by atomic mass is 10.1. The van der Waals surface area contributed by atoms with Crippen LogP contribution >= 0.6 is 15.9 Å².